The Morgan fingerprint density at radius 2 is 2.17 bits per heavy atom. The van der Waals surface area contributed by atoms with Crippen molar-refractivity contribution >= 4 is 17.6 Å². The van der Waals surface area contributed by atoms with Gasteiger partial charge in [0.2, 0.25) is 5.88 Å². The maximum atomic E-state index is 12.9. The fourth-order valence-electron chi connectivity index (χ4n) is 1.45. The highest BCUT2D eigenvalue weighted by Crippen LogP contribution is 2.29. The highest BCUT2D eigenvalue weighted by Gasteiger charge is 2.21. The van der Waals surface area contributed by atoms with Crippen molar-refractivity contribution in [3.63, 3.8) is 0 Å². The lowest BCUT2D eigenvalue weighted by Gasteiger charge is -2.13. The van der Waals surface area contributed by atoms with Crippen LogP contribution in [0.2, 0.25) is 0 Å². The number of alkyl halides is 3. The first kappa shape index (κ1) is 14.6. The second kappa shape index (κ2) is 6.49. The number of methoxy groups -OCH3 is 2. The zero-order chi connectivity index (χ0) is 13.7. The third-order valence-corrected chi connectivity index (χ3v) is 2.59. The first-order valence-electron chi connectivity index (χ1n) is 5.01. The molecule has 0 unspecified atom stereocenters. The first-order valence-corrected chi connectivity index (χ1v) is 5.54. The number of pyridine rings is 1. The third-order valence-electron chi connectivity index (χ3n) is 2.34. The minimum atomic E-state index is -2.75. The van der Waals surface area contributed by atoms with Crippen molar-refractivity contribution < 1.29 is 23.0 Å². The van der Waals surface area contributed by atoms with Crippen LogP contribution in [0.1, 0.15) is 23.2 Å². The van der Waals surface area contributed by atoms with Crippen LogP contribution in [0.5, 0.6) is 5.88 Å². The summed E-state index contributed by atoms with van der Waals surface area (Å²) in [5.74, 6) is -0.687. The maximum absolute atomic E-state index is 12.9. The summed E-state index contributed by atoms with van der Waals surface area (Å²) in [6.07, 6.45) is -3.04. The molecule has 0 amide bonds. The van der Waals surface area contributed by atoms with Crippen molar-refractivity contribution in [3.05, 3.63) is 22.9 Å². The van der Waals surface area contributed by atoms with E-state index < -0.39 is 12.4 Å². The largest absolute Gasteiger partial charge is 0.481 e. The standard InChI is InChI=1S/C11H12ClF2NO3/c1-17-9-3-7(11(13)14)6(4-10(16)18-2)8(5-12)15-9/h3,11H,4-5H2,1-2H3. The lowest BCUT2D eigenvalue weighted by atomic mass is 10.0. The van der Waals surface area contributed by atoms with E-state index in [4.69, 9.17) is 16.3 Å². The molecule has 1 heterocycles. The molecule has 7 heteroatoms. The summed E-state index contributed by atoms with van der Waals surface area (Å²) in [5.41, 5.74) is -0.0349. The highest BCUT2D eigenvalue weighted by molar-refractivity contribution is 6.17. The van der Waals surface area contributed by atoms with Crippen LogP contribution in [0.4, 0.5) is 8.78 Å². The van der Waals surface area contributed by atoms with E-state index in [1.54, 1.807) is 0 Å². The van der Waals surface area contributed by atoms with Gasteiger partial charge in [0, 0.05) is 11.6 Å². The topological polar surface area (TPSA) is 48.4 Å². The number of hydrogen-bond donors (Lipinski definition) is 0. The van der Waals surface area contributed by atoms with Gasteiger partial charge < -0.3 is 9.47 Å². The van der Waals surface area contributed by atoms with Crippen LogP contribution in [0, 0.1) is 0 Å². The molecule has 0 radical (unpaired) electrons. The summed E-state index contributed by atoms with van der Waals surface area (Å²) in [5, 5.41) is 0. The Bertz CT molecular complexity index is 441. The number of halogens is 3. The summed E-state index contributed by atoms with van der Waals surface area (Å²) in [6.45, 7) is 0. The minimum Gasteiger partial charge on any atom is -0.481 e. The number of carbonyl (C=O) groups excluding carboxylic acids is 1. The van der Waals surface area contributed by atoms with E-state index >= 15 is 0 Å². The van der Waals surface area contributed by atoms with E-state index in [2.05, 4.69) is 9.72 Å². The zero-order valence-corrected chi connectivity index (χ0v) is 10.6. The summed E-state index contributed by atoms with van der Waals surface area (Å²) in [4.78, 5) is 15.2. The smallest absolute Gasteiger partial charge is 0.310 e. The van der Waals surface area contributed by atoms with Crippen molar-refractivity contribution in [2.24, 2.45) is 0 Å². The fourth-order valence-corrected chi connectivity index (χ4v) is 1.67. The molecule has 0 fully saturated rings. The molecule has 0 N–H and O–H groups in total. The molecule has 0 saturated carbocycles. The van der Waals surface area contributed by atoms with Crippen molar-refractivity contribution in [3.8, 4) is 5.88 Å². The van der Waals surface area contributed by atoms with Gasteiger partial charge in [-0.3, -0.25) is 4.79 Å². The van der Waals surface area contributed by atoms with Gasteiger partial charge in [-0.1, -0.05) is 0 Å². The highest BCUT2D eigenvalue weighted by atomic mass is 35.5. The molecule has 0 aliphatic carbocycles. The average molecular weight is 280 g/mol. The van der Waals surface area contributed by atoms with Gasteiger partial charge >= 0.3 is 5.97 Å². The number of esters is 1. The average Bonchev–Trinajstić information content (AvgIpc) is 2.38. The van der Waals surface area contributed by atoms with E-state index in [9.17, 15) is 13.6 Å². The van der Waals surface area contributed by atoms with Gasteiger partial charge in [0.25, 0.3) is 6.43 Å². The molecule has 1 rings (SSSR count). The van der Waals surface area contributed by atoms with Gasteiger partial charge in [0.05, 0.1) is 32.2 Å². The molecule has 18 heavy (non-hydrogen) atoms. The van der Waals surface area contributed by atoms with Crippen LogP contribution in [-0.2, 0) is 21.8 Å². The minimum absolute atomic E-state index is 0.0366. The Hall–Kier alpha value is -1.43. The Morgan fingerprint density at radius 1 is 1.50 bits per heavy atom. The van der Waals surface area contributed by atoms with Gasteiger partial charge in [-0.05, 0) is 5.56 Å². The quantitative estimate of drug-likeness (QED) is 0.614. The van der Waals surface area contributed by atoms with Crippen molar-refractivity contribution in [1.82, 2.24) is 4.98 Å². The Morgan fingerprint density at radius 3 is 2.61 bits per heavy atom. The predicted molar refractivity (Wildman–Crippen MR) is 61.0 cm³/mol. The van der Waals surface area contributed by atoms with E-state index in [-0.39, 0.29) is 35.0 Å². The second-order valence-electron chi connectivity index (χ2n) is 3.37. The van der Waals surface area contributed by atoms with Crippen molar-refractivity contribution in [1.29, 1.82) is 0 Å². The van der Waals surface area contributed by atoms with E-state index in [1.165, 1.54) is 14.2 Å². The number of aromatic nitrogens is 1. The van der Waals surface area contributed by atoms with Crippen LogP contribution >= 0.6 is 11.6 Å². The summed E-state index contributed by atoms with van der Waals surface area (Å²) < 4.78 is 35.1. The first-order chi connectivity index (χ1) is 8.53. The van der Waals surface area contributed by atoms with E-state index in [0.29, 0.717) is 0 Å². The summed E-state index contributed by atoms with van der Waals surface area (Å²) >= 11 is 5.65. The van der Waals surface area contributed by atoms with Crippen LogP contribution in [0.3, 0.4) is 0 Å². The van der Waals surface area contributed by atoms with E-state index in [1.807, 2.05) is 0 Å². The van der Waals surface area contributed by atoms with Crippen LogP contribution in [-0.4, -0.2) is 25.2 Å². The SMILES string of the molecule is COC(=O)Cc1c(C(F)F)cc(OC)nc1CCl. The molecule has 0 aromatic carbocycles. The van der Waals surface area contributed by atoms with E-state index in [0.717, 1.165) is 6.07 Å². The Kier molecular flexibility index (Phi) is 5.27. The maximum Gasteiger partial charge on any atom is 0.310 e. The van der Waals surface area contributed by atoms with Crippen LogP contribution in [0.25, 0.3) is 0 Å². The fraction of sp³-hybridized carbons (Fsp3) is 0.455. The number of nitrogens with zero attached hydrogens (tertiary/aromatic N) is 1. The normalized spacial score (nSPS) is 10.6. The predicted octanol–water partition coefficient (Wildman–Crippen LogP) is 2.48. The monoisotopic (exact) mass is 279 g/mol. The molecule has 100 valence electrons. The van der Waals surface area contributed by atoms with Crippen molar-refractivity contribution in [2.45, 2.75) is 18.7 Å². The van der Waals surface area contributed by atoms with Gasteiger partial charge in [-0.15, -0.1) is 11.6 Å². The molecule has 0 bridgehead atoms. The molecule has 4 nitrogen and oxygen atoms in total. The van der Waals surface area contributed by atoms with Gasteiger partial charge in [0.1, 0.15) is 0 Å². The lowest BCUT2D eigenvalue weighted by Crippen LogP contribution is -2.11. The Labute approximate surface area is 108 Å². The molecule has 0 spiro atoms. The lowest BCUT2D eigenvalue weighted by molar-refractivity contribution is -0.139. The zero-order valence-electron chi connectivity index (χ0n) is 9.87. The van der Waals surface area contributed by atoms with Gasteiger partial charge in [-0.25, -0.2) is 13.8 Å². The molecular formula is C11H12ClF2NO3. The van der Waals surface area contributed by atoms with Gasteiger partial charge in [0.15, 0.2) is 0 Å². The number of carbonyl (C=O) groups is 1. The summed E-state index contributed by atoms with van der Waals surface area (Å²) in [6, 6.07) is 1.10. The summed E-state index contributed by atoms with van der Waals surface area (Å²) in [7, 11) is 2.50. The van der Waals surface area contributed by atoms with Gasteiger partial charge in [-0.2, -0.15) is 0 Å². The molecular weight excluding hydrogens is 268 g/mol. The number of ether oxygens (including phenoxy) is 2. The molecule has 1 aromatic rings. The molecule has 0 atom stereocenters. The van der Waals surface area contributed by atoms with Crippen molar-refractivity contribution in [2.75, 3.05) is 14.2 Å². The molecule has 1 aromatic heterocycles. The third kappa shape index (κ3) is 3.29. The number of rotatable bonds is 5. The number of hydrogen-bond acceptors (Lipinski definition) is 4. The Balaban J connectivity index is 3.30. The second-order valence-corrected chi connectivity index (χ2v) is 3.63. The molecule has 0 aliphatic rings. The van der Waals surface area contributed by atoms with Crippen LogP contribution in [0.15, 0.2) is 6.07 Å². The van der Waals surface area contributed by atoms with Crippen LogP contribution < -0.4 is 4.74 Å². The molecule has 0 aliphatic heterocycles. The molecule has 0 saturated heterocycles.